The van der Waals surface area contributed by atoms with Crippen molar-refractivity contribution in [1.82, 2.24) is 20.9 Å². The molecule has 0 aliphatic carbocycles. The van der Waals surface area contributed by atoms with Gasteiger partial charge in [0.25, 0.3) is 5.91 Å². The molecular weight excluding hydrogens is 493 g/mol. The van der Waals surface area contributed by atoms with E-state index < -0.39 is 0 Å². The SMILES string of the molecule is CCCCNC(=O)c1ccc(CN=C(NCC)NCC(C)N2CCOCC2)cc1.I. The predicted octanol–water partition coefficient (Wildman–Crippen LogP) is 2.61. The Labute approximate surface area is 198 Å². The lowest BCUT2D eigenvalue weighted by Crippen LogP contribution is -2.49. The van der Waals surface area contributed by atoms with E-state index in [4.69, 9.17) is 4.74 Å². The van der Waals surface area contributed by atoms with E-state index in [-0.39, 0.29) is 29.9 Å². The molecule has 30 heavy (non-hydrogen) atoms. The number of carbonyl (C=O) groups is 1. The Morgan fingerprint density at radius 2 is 1.83 bits per heavy atom. The zero-order valence-corrected chi connectivity index (χ0v) is 20.9. The van der Waals surface area contributed by atoms with Crippen molar-refractivity contribution in [3.63, 3.8) is 0 Å². The van der Waals surface area contributed by atoms with Crippen LogP contribution in [0.15, 0.2) is 29.3 Å². The molecule has 1 heterocycles. The fourth-order valence-corrected chi connectivity index (χ4v) is 3.15. The number of ether oxygens (including phenoxy) is 1. The third-order valence-electron chi connectivity index (χ3n) is 5.03. The van der Waals surface area contributed by atoms with Crippen LogP contribution in [0.25, 0.3) is 0 Å². The molecule has 3 N–H and O–H groups in total. The van der Waals surface area contributed by atoms with Crippen molar-refractivity contribution in [3.8, 4) is 0 Å². The molecule has 0 spiro atoms. The first-order valence-corrected chi connectivity index (χ1v) is 10.8. The van der Waals surface area contributed by atoms with Crippen molar-refractivity contribution in [2.45, 2.75) is 46.2 Å². The second-order valence-electron chi connectivity index (χ2n) is 7.38. The first-order chi connectivity index (χ1) is 14.1. The Balaban J connectivity index is 0.00000450. The van der Waals surface area contributed by atoms with Crippen molar-refractivity contribution in [2.24, 2.45) is 4.99 Å². The summed E-state index contributed by atoms with van der Waals surface area (Å²) >= 11 is 0. The molecule has 8 heteroatoms. The van der Waals surface area contributed by atoms with Gasteiger partial charge in [-0.05, 0) is 38.0 Å². The Morgan fingerprint density at radius 3 is 2.47 bits per heavy atom. The van der Waals surface area contributed by atoms with Crippen LogP contribution in [0.4, 0.5) is 0 Å². The van der Waals surface area contributed by atoms with Crippen molar-refractivity contribution in [2.75, 3.05) is 45.9 Å². The van der Waals surface area contributed by atoms with Gasteiger partial charge in [-0.1, -0.05) is 25.5 Å². The average Bonchev–Trinajstić information content (AvgIpc) is 2.76. The summed E-state index contributed by atoms with van der Waals surface area (Å²) in [5.74, 6) is 0.801. The van der Waals surface area contributed by atoms with Crippen LogP contribution >= 0.6 is 24.0 Å². The highest BCUT2D eigenvalue weighted by Crippen LogP contribution is 2.06. The fourth-order valence-electron chi connectivity index (χ4n) is 3.15. The summed E-state index contributed by atoms with van der Waals surface area (Å²) in [4.78, 5) is 19.2. The first kappa shape index (κ1) is 26.6. The first-order valence-electron chi connectivity index (χ1n) is 10.8. The number of amides is 1. The number of rotatable bonds is 10. The second kappa shape index (κ2) is 15.4. The quantitative estimate of drug-likeness (QED) is 0.187. The maximum Gasteiger partial charge on any atom is 0.251 e. The Kier molecular flexibility index (Phi) is 13.7. The van der Waals surface area contributed by atoms with Crippen molar-refractivity contribution < 1.29 is 9.53 Å². The maximum atomic E-state index is 12.1. The molecule has 2 rings (SSSR count). The summed E-state index contributed by atoms with van der Waals surface area (Å²) in [7, 11) is 0. The molecule has 170 valence electrons. The van der Waals surface area contributed by atoms with E-state index in [9.17, 15) is 4.79 Å². The van der Waals surface area contributed by atoms with E-state index in [0.717, 1.165) is 70.3 Å². The van der Waals surface area contributed by atoms with E-state index in [1.54, 1.807) is 0 Å². The number of aliphatic imine (C=N–C) groups is 1. The Bertz CT molecular complexity index is 633. The molecular formula is C22H38IN5O2. The number of benzene rings is 1. The zero-order valence-electron chi connectivity index (χ0n) is 18.6. The monoisotopic (exact) mass is 531 g/mol. The number of nitrogens with zero attached hydrogens (tertiary/aromatic N) is 2. The van der Waals surface area contributed by atoms with Gasteiger partial charge < -0.3 is 20.7 Å². The van der Waals surface area contributed by atoms with Gasteiger partial charge in [-0.25, -0.2) is 4.99 Å². The molecule has 1 saturated heterocycles. The lowest BCUT2D eigenvalue weighted by Gasteiger charge is -2.32. The third-order valence-corrected chi connectivity index (χ3v) is 5.03. The Hall–Kier alpha value is -1.39. The molecule has 1 atom stereocenters. The van der Waals surface area contributed by atoms with Crippen LogP contribution in [-0.4, -0.2) is 68.7 Å². The lowest BCUT2D eigenvalue weighted by atomic mass is 10.1. The number of halogens is 1. The summed E-state index contributed by atoms with van der Waals surface area (Å²) in [6.45, 7) is 12.9. The van der Waals surface area contributed by atoms with Gasteiger partial charge in [0, 0.05) is 44.3 Å². The van der Waals surface area contributed by atoms with E-state index in [0.29, 0.717) is 18.2 Å². The van der Waals surface area contributed by atoms with E-state index in [2.05, 4.69) is 46.6 Å². The molecule has 0 radical (unpaired) electrons. The summed E-state index contributed by atoms with van der Waals surface area (Å²) < 4.78 is 5.43. The van der Waals surface area contributed by atoms with Gasteiger partial charge in [0.05, 0.1) is 19.8 Å². The molecule has 1 aromatic carbocycles. The van der Waals surface area contributed by atoms with Crippen LogP contribution in [0.5, 0.6) is 0 Å². The Morgan fingerprint density at radius 1 is 1.13 bits per heavy atom. The van der Waals surface area contributed by atoms with Gasteiger partial charge >= 0.3 is 0 Å². The molecule has 1 aliphatic heterocycles. The summed E-state index contributed by atoms with van der Waals surface area (Å²) in [6, 6.07) is 8.10. The number of hydrogen-bond acceptors (Lipinski definition) is 4. The minimum Gasteiger partial charge on any atom is -0.379 e. The highest BCUT2D eigenvalue weighted by atomic mass is 127. The molecule has 1 amide bonds. The zero-order chi connectivity index (χ0) is 20.9. The number of unbranched alkanes of at least 4 members (excludes halogenated alkanes) is 1. The van der Waals surface area contributed by atoms with E-state index in [1.807, 2.05) is 24.3 Å². The maximum absolute atomic E-state index is 12.1. The normalized spacial score (nSPS) is 15.8. The lowest BCUT2D eigenvalue weighted by molar-refractivity contribution is 0.0211. The van der Waals surface area contributed by atoms with Gasteiger partial charge in [-0.3, -0.25) is 9.69 Å². The molecule has 7 nitrogen and oxygen atoms in total. The highest BCUT2D eigenvalue weighted by Gasteiger charge is 2.17. The van der Waals surface area contributed by atoms with Crippen LogP contribution < -0.4 is 16.0 Å². The molecule has 1 unspecified atom stereocenters. The highest BCUT2D eigenvalue weighted by molar-refractivity contribution is 14.0. The average molecular weight is 531 g/mol. The number of morpholine rings is 1. The van der Waals surface area contributed by atoms with Gasteiger partial charge in [-0.2, -0.15) is 0 Å². The van der Waals surface area contributed by atoms with Crippen LogP contribution in [0.1, 0.15) is 49.5 Å². The fraction of sp³-hybridized carbons (Fsp3) is 0.636. The molecule has 0 saturated carbocycles. The molecule has 1 aliphatic rings. The summed E-state index contributed by atoms with van der Waals surface area (Å²) in [5, 5.41) is 9.68. The van der Waals surface area contributed by atoms with Crippen molar-refractivity contribution in [3.05, 3.63) is 35.4 Å². The van der Waals surface area contributed by atoms with Crippen LogP contribution in [0.3, 0.4) is 0 Å². The third kappa shape index (κ3) is 9.61. The smallest absolute Gasteiger partial charge is 0.251 e. The molecule has 0 aromatic heterocycles. The minimum absolute atomic E-state index is 0. The number of guanidine groups is 1. The van der Waals surface area contributed by atoms with Crippen molar-refractivity contribution in [1.29, 1.82) is 0 Å². The van der Waals surface area contributed by atoms with Crippen LogP contribution in [0.2, 0.25) is 0 Å². The topological polar surface area (TPSA) is 78.0 Å². The van der Waals surface area contributed by atoms with Gasteiger partial charge in [0.2, 0.25) is 0 Å². The standard InChI is InChI=1S/C22H37N5O2.HI/c1-4-6-11-24-21(28)20-9-7-19(8-10-20)17-26-22(23-5-2)25-16-18(3)27-12-14-29-15-13-27;/h7-10,18H,4-6,11-17H2,1-3H3,(H,24,28)(H2,23,25,26);1H. The van der Waals surface area contributed by atoms with Gasteiger partial charge in [0.15, 0.2) is 5.96 Å². The predicted molar refractivity (Wildman–Crippen MR) is 134 cm³/mol. The largest absolute Gasteiger partial charge is 0.379 e. The van der Waals surface area contributed by atoms with Crippen molar-refractivity contribution >= 4 is 35.8 Å². The number of carbonyl (C=O) groups excluding carboxylic acids is 1. The number of nitrogens with one attached hydrogen (secondary N) is 3. The van der Waals surface area contributed by atoms with Gasteiger partial charge in [0.1, 0.15) is 0 Å². The summed E-state index contributed by atoms with van der Waals surface area (Å²) in [5.41, 5.74) is 1.77. The molecule has 0 bridgehead atoms. The molecule has 1 aromatic rings. The summed E-state index contributed by atoms with van der Waals surface area (Å²) in [6.07, 6.45) is 2.08. The molecule has 1 fully saturated rings. The van der Waals surface area contributed by atoms with Gasteiger partial charge in [-0.15, -0.1) is 24.0 Å². The minimum atomic E-state index is -0.0133. The van der Waals surface area contributed by atoms with Crippen LogP contribution in [0, 0.1) is 0 Å². The second-order valence-corrected chi connectivity index (χ2v) is 7.38. The number of hydrogen-bond donors (Lipinski definition) is 3. The van der Waals surface area contributed by atoms with E-state index in [1.165, 1.54) is 0 Å². The van der Waals surface area contributed by atoms with E-state index >= 15 is 0 Å². The van der Waals surface area contributed by atoms with Crippen LogP contribution in [-0.2, 0) is 11.3 Å².